The maximum absolute atomic E-state index is 14.2. The third-order valence-corrected chi connectivity index (χ3v) is 5.00. The second-order valence-electron chi connectivity index (χ2n) is 6.94. The summed E-state index contributed by atoms with van der Waals surface area (Å²) in [5.74, 6) is -1.36. The van der Waals surface area contributed by atoms with E-state index in [2.05, 4.69) is 10.3 Å². The van der Waals surface area contributed by atoms with E-state index in [-0.39, 0.29) is 16.8 Å². The largest absolute Gasteiger partial charge is 0.416 e. The van der Waals surface area contributed by atoms with Gasteiger partial charge in [0.15, 0.2) is 0 Å². The van der Waals surface area contributed by atoms with Crippen LogP contribution in [0.4, 0.5) is 23.2 Å². The number of anilines is 1. The molecule has 1 amide bonds. The van der Waals surface area contributed by atoms with Gasteiger partial charge in [0, 0.05) is 11.6 Å². The van der Waals surface area contributed by atoms with E-state index in [1.165, 1.54) is 24.3 Å². The number of hydrogen-bond acceptors (Lipinski definition) is 4. The molecule has 0 bridgehead atoms. The number of fused-ring (bicyclic) bond motifs is 1. The fraction of sp³-hybridized carbons (Fsp3) is 0.200. The van der Waals surface area contributed by atoms with Crippen LogP contribution in [0.1, 0.15) is 34.5 Å². The van der Waals surface area contributed by atoms with E-state index in [0.717, 1.165) is 30.7 Å². The first-order valence-electron chi connectivity index (χ1n) is 8.88. The number of benzene rings is 2. The Kier molecular flexibility index (Phi) is 5.90. The molecule has 0 saturated heterocycles. The van der Waals surface area contributed by atoms with Crippen LogP contribution in [0, 0.1) is 5.82 Å². The highest BCUT2D eigenvalue weighted by Crippen LogP contribution is 2.31. The van der Waals surface area contributed by atoms with Crippen molar-refractivity contribution in [3.05, 3.63) is 71.2 Å². The molecule has 3 aromatic rings. The zero-order valence-corrected chi connectivity index (χ0v) is 17.1. The molecule has 1 atom stereocenters. The van der Waals surface area contributed by atoms with Crippen LogP contribution in [0.25, 0.3) is 10.9 Å². The quantitative estimate of drug-likeness (QED) is 0.563. The number of carbonyl (C=O) groups excluding carboxylic acids is 1. The van der Waals surface area contributed by atoms with Crippen molar-refractivity contribution in [2.24, 2.45) is 0 Å². The third kappa shape index (κ3) is 5.48. The molecule has 1 aromatic heterocycles. The first-order chi connectivity index (χ1) is 14.3. The Hall–Kier alpha value is -3.21. The molecule has 164 valence electrons. The van der Waals surface area contributed by atoms with E-state index in [9.17, 15) is 30.8 Å². The molecule has 2 N–H and O–H groups in total. The predicted octanol–water partition coefficient (Wildman–Crippen LogP) is 4.26. The van der Waals surface area contributed by atoms with Crippen LogP contribution in [-0.2, 0) is 16.2 Å². The number of aromatic nitrogens is 1. The van der Waals surface area contributed by atoms with Crippen molar-refractivity contribution in [3.63, 3.8) is 0 Å². The minimum atomic E-state index is -4.50. The van der Waals surface area contributed by atoms with E-state index in [0.29, 0.717) is 10.9 Å². The number of nitrogens with one attached hydrogen (secondary N) is 2. The lowest BCUT2D eigenvalue weighted by Gasteiger charge is -2.16. The normalized spacial score (nSPS) is 13.1. The van der Waals surface area contributed by atoms with Crippen molar-refractivity contribution >= 4 is 32.5 Å². The van der Waals surface area contributed by atoms with Gasteiger partial charge in [-0.3, -0.25) is 14.5 Å². The number of halogens is 4. The number of carbonyl (C=O) groups is 1. The molecule has 0 saturated carbocycles. The van der Waals surface area contributed by atoms with Crippen LogP contribution in [0.5, 0.6) is 0 Å². The third-order valence-electron chi connectivity index (χ3n) is 4.41. The van der Waals surface area contributed by atoms with Crippen LogP contribution in [-0.4, -0.2) is 25.6 Å². The highest BCUT2D eigenvalue weighted by Gasteiger charge is 2.30. The van der Waals surface area contributed by atoms with Gasteiger partial charge in [0.05, 0.1) is 34.6 Å². The van der Waals surface area contributed by atoms with Gasteiger partial charge in [-0.1, -0.05) is 12.1 Å². The maximum atomic E-state index is 14.2. The molecule has 31 heavy (non-hydrogen) atoms. The van der Waals surface area contributed by atoms with Crippen molar-refractivity contribution in [2.75, 3.05) is 11.0 Å². The molecular formula is C20H17F4N3O3S. The Balaban J connectivity index is 1.77. The minimum absolute atomic E-state index is 0.0930. The summed E-state index contributed by atoms with van der Waals surface area (Å²) in [7, 11) is -3.65. The summed E-state index contributed by atoms with van der Waals surface area (Å²) in [6, 6.07) is 7.59. The van der Waals surface area contributed by atoms with Gasteiger partial charge in [-0.05, 0) is 42.8 Å². The molecule has 3 rings (SSSR count). The van der Waals surface area contributed by atoms with Crippen LogP contribution < -0.4 is 10.0 Å². The fourth-order valence-corrected chi connectivity index (χ4v) is 3.43. The number of sulfonamides is 1. The standard InChI is InChI=1S/C20H17F4N3O3S/c1-11(12-4-6-17(16(21)8-12)27-31(2,29)30)26-19(28)14-7-13-3-5-15(20(22,23)24)9-18(13)25-10-14/h3-11,27H,1-2H3,(H,26,28)/t11-/m1/s1. The first-order valence-corrected chi connectivity index (χ1v) is 10.8. The van der Waals surface area contributed by atoms with Crippen LogP contribution in [0.15, 0.2) is 48.7 Å². The monoisotopic (exact) mass is 455 g/mol. The van der Waals surface area contributed by atoms with E-state index in [1.54, 1.807) is 6.92 Å². The molecule has 0 unspecified atom stereocenters. The summed E-state index contributed by atoms with van der Waals surface area (Å²) < 4.78 is 77.1. The average Bonchev–Trinajstić information content (AvgIpc) is 2.66. The molecule has 6 nitrogen and oxygen atoms in total. The second-order valence-corrected chi connectivity index (χ2v) is 8.69. The Morgan fingerprint density at radius 1 is 1.10 bits per heavy atom. The van der Waals surface area contributed by atoms with Gasteiger partial charge in [-0.25, -0.2) is 12.8 Å². The van der Waals surface area contributed by atoms with Gasteiger partial charge >= 0.3 is 6.18 Å². The molecule has 1 heterocycles. The van der Waals surface area contributed by atoms with Gasteiger partial charge in [-0.2, -0.15) is 13.2 Å². The van der Waals surface area contributed by atoms with E-state index in [4.69, 9.17) is 0 Å². The Morgan fingerprint density at radius 2 is 1.81 bits per heavy atom. The molecule has 0 aliphatic rings. The number of hydrogen-bond donors (Lipinski definition) is 2. The molecule has 0 fully saturated rings. The van der Waals surface area contributed by atoms with E-state index in [1.807, 2.05) is 4.72 Å². The summed E-state index contributed by atoms with van der Waals surface area (Å²) in [6.45, 7) is 1.60. The Morgan fingerprint density at radius 3 is 2.42 bits per heavy atom. The Bertz CT molecular complexity index is 1260. The molecular weight excluding hydrogens is 438 g/mol. The van der Waals surface area contributed by atoms with Crippen LogP contribution >= 0.6 is 0 Å². The number of rotatable bonds is 5. The lowest BCUT2D eigenvalue weighted by Crippen LogP contribution is -2.27. The summed E-state index contributed by atoms with van der Waals surface area (Å²) in [5, 5.41) is 3.00. The SMILES string of the molecule is C[C@@H](NC(=O)c1cnc2cc(C(F)(F)F)ccc2c1)c1ccc(NS(C)(=O)=O)c(F)c1. The fourth-order valence-electron chi connectivity index (χ4n) is 2.87. The minimum Gasteiger partial charge on any atom is -0.345 e. The lowest BCUT2D eigenvalue weighted by molar-refractivity contribution is -0.137. The van der Waals surface area contributed by atoms with Crippen molar-refractivity contribution < 1.29 is 30.8 Å². The molecule has 2 aromatic carbocycles. The zero-order valence-electron chi connectivity index (χ0n) is 16.3. The van der Waals surface area contributed by atoms with E-state index < -0.39 is 39.5 Å². The number of nitrogens with zero attached hydrogens (tertiary/aromatic N) is 1. The van der Waals surface area contributed by atoms with Crippen molar-refractivity contribution in [2.45, 2.75) is 19.1 Å². The average molecular weight is 455 g/mol. The van der Waals surface area contributed by atoms with Crippen molar-refractivity contribution in [1.82, 2.24) is 10.3 Å². The summed E-state index contributed by atoms with van der Waals surface area (Å²) in [6.07, 6.45) is -2.45. The van der Waals surface area contributed by atoms with Gasteiger partial charge < -0.3 is 5.32 Å². The van der Waals surface area contributed by atoms with Gasteiger partial charge in [-0.15, -0.1) is 0 Å². The molecule has 0 aliphatic carbocycles. The maximum Gasteiger partial charge on any atom is 0.416 e. The second kappa shape index (κ2) is 8.14. The highest BCUT2D eigenvalue weighted by atomic mass is 32.2. The van der Waals surface area contributed by atoms with Crippen LogP contribution in [0.3, 0.4) is 0 Å². The number of amides is 1. The van der Waals surface area contributed by atoms with Gasteiger partial charge in [0.1, 0.15) is 5.82 Å². The smallest absolute Gasteiger partial charge is 0.345 e. The Labute approximate surface area is 175 Å². The van der Waals surface area contributed by atoms with Crippen LogP contribution in [0.2, 0.25) is 0 Å². The topological polar surface area (TPSA) is 88.2 Å². The van der Waals surface area contributed by atoms with Gasteiger partial charge in [0.25, 0.3) is 5.91 Å². The summed E-state index contributed by atoms with van der Waals surface area (Å²) in [4.78, 5) is 16.5. The highest BCUT2D eigenvalue weighted by molar-refractivity contribution is 7.92. The molecule has 0 radical (unpaired) electrons. The van der Waals surface area contributed by atoms with Crippen molar-refractivity contribution in [3.8, 4) is 0 Å². The number of pyridine rings is 1. The van der Waals surface area contributed by atoms with Crippen molar-refractivity contribution in [1.29, 1.82) is 0 Å². The number of alkyl halides is 3. The predicted molar refractivity (Wildman–Crippen MR) is 107 cm³/mol. The molecule has 0 aliphatic heterocycles. The zero-order chi connectivity index (χ0) is 23.0. The summed E-state index contributed by atoms with van der Waals surface area (Å²) >= 11 is 0. The molecule has 0 spiro atoms. The molecule has 11 heteroatoms. The van der Waals surface area contributed by atoms with E-state index >= 15 is 0 Å². The first kappa shape index (κ1) is 22.5. The van der Waals surface area contributed by atoms with Gasteiger partial charge in [0.2, 0.25) is 10.0 Å². The summed E-state index contributed by atoms with van der Waals surface area (Å²) in [5.41, 5.74) is -0.463. The lowest BCUT2D eigenvalue weighted by atomic mass is 10.1.